The number of carbonyl (C=O) groups excluding carboxylic acids is 1. The highest BCUT2D eigenvalue weighted by Gasteiger charge is 2.31. The number of para-hydroxylation sites is 1. The van der Waals surface area contributed by atoms with Crippen LogP contribution in [0.15, 0.2) is 24.3 Å². The van der Waals surface area contributed by atoms with Crippen molar-refractivity contribution in [2.24, 2.45) is 0 Å². The number of ether oxygens (including phenoxy) is 2. The van der Waals surface area contributed by atoms with Crippen molar-refractivity contribution < 1.29 is 29.3 Å². The van der Waals surface area contributed by atoms with Crippen LogP contribution in [0.3, 0.4) is 0 Å². The van der Waals surface area contributed by atoms with Crippen molar-refractivity contribution in [1.29, 1.82) is 5.26 Å². The number of aliphatic hydroxyl groups is 1. The summed E-state index contributed by atoms with van der Waals surface area (Å²) in [5.74, 6) is 0.403. The van der Waals surface area contributed by atoms with Crippen molar-refractivity contribution in [3.05, 3.63) is 39.9 Å². The highest BCUT2D eigenvalue weighted by Crippen LogP contribution is 2.24. The van der Waals surface area contributed by atoms with Gasteiger partial charge in [0.05, 0.1) is 5.56 Å². The van der Waals surface area contributed by atoms with Gasteiger partial charge in [-0.3, -0.25) is 0 Å². The highest BCUT2D eigenvalue weighted by atomic mass is 17.0. The summed E-state index contributed by atoms with van der Waals surface area (Å²) in [6.07, 6.45) is -0.375. The van der Waals surface area contributed by atoms with Gasteiger partial charge >= 0.3 is 6.09 Å². The van der Waals surface area contributed by atoms with Crippen LogP contribution in [-0.4, -0.2) is 59.8 Å². The minimum absolute atomic E-state index is 0.00322. The van der Waals surface area contributed by atoms with Crippen molar-refractivity contribution in [2.45, 2.75) is 63.4 Å². The van der Waals surface area contributed by atoms with Gasteiger partial charge in [0.25, 0.3) is 5.09 Å². The number of β-amino-alcohol motifs (C(OH)–C–C–N with tert-alkyl or cyclic N) is 1. The average Bonchev–Trinajstić information content (AvgIpc) is 2.76. The molecule has 0 bridgehead atoms. The number of nitrogens with zero attached hydrogens (tertiary/aromatic N) is 2. The van der Waals surface area contributed by atoms with Gasteiger partial charge in [-0.1, -0.05) is 18.6 Å². The molecule has 0 spiro atoms. The van der Waals surface area contributed by atoms with E-state index < -0.39 is 35.0 Å². The third-order valence-corrected chi connectivity index (χ3v) is 5.05. The number of benzene rings is 1. The van der Waals surface area contributed by atoms with E-state index in [0.717, 1.165) is 12.8 Å². The Morgan fingerprint density at radius 1 is 1.34 bits per heavy atom. The summed E-state index contributed by atoms with van der Waals surface area (Å²) in [4.78, 5) is 27.4. The second-order valence-electron chi connectivity index (χ2n) is 8.29. The smallest absolute Gasteiger partial charge is 0.407 e. The Labute approximate surface area is 186 Å². The molecule has 1 saturated carbocycles. The standard InChI is InChI=1S/C21H30N4O7/c1-21(2,24-12-16(26)13-30-17-8-4-3-7-15(17)11-22)14-23-20(27)31-18-9-5-6-10-19(18)32-25(28)29/h3-4,7-8,16,18-19,24,26H,5-6,9-10,12-14H2,1-2H3,(H,23,27)/t16?,18-,19-/m1/s1. The maximum Gasteiger partial charge on any atom is 0.407 e. The van der Waals surface area contributed by atoms with E-state index in [1.54, 1.807) is 24.3 Å². The monoisotopic (exact) mass is 450 g/mol. The Kier molecular flexibility index (Phi) is 9.49. The van der Waals surface area contributed by atoms with Crippen LogP contribution >= 0.6 is 0 Å². The Morgan fingerprint density at radius 3 is 2.72 bits per heavy atom. The van der Waals surface area contributed by atoms with Crippen LogP contribution in [0.25, 0.3) is 0 Å². The van der Waals surface area contributed by atoms with Crippen molar-refractivity contribution in [3.63, 3.8) is 0 Å². The Balaban J connectivity index is 1.72. The van der Waals surface area contributed by atoms with E-state index in [1.807, 2.05) is 19.9 Å². The zero-order valence-corrected chi connectivity index (χ0v) is 18.3. The fourth-order valence-electron chi connectivity index (χ4n) is 3.29. The molecule has 1 aliphatic carbocycles. The highest BCUT2D eigenvalue weighted by molar-refractivity contribution is 5.67. The number of hydrogen-bond acceptors (Lipinski definition) is 9. The first-order valence-corrected chi connectivity index (χ1v) is 10.5. The summed E-state index contributed by atoms with van der Waals surface area (Å²) >= 11 is 0. The molecule has 0 aliphatic heterocycles. The predicted octanol–water partition coefficient (Wildman–Crippen LogP) is 1.91. The lowest BCUT2D eigenvalue weighted by atomic mass is 9.95. The molecule has 0 saturated heterocycles. The number of nitrogens with one attached hydrogen (secondary N) is 2. The van der Waals surface area contributed by atoms with Crippen LogP contribution in [0.5, 0.6) is 5.75 Å². The Hall–Kier alpha value is -3.10. The molecule has 32 heavy (non-hydrogen) atoms. The minimum atomic E-state index is -0.856. The first-order chi connectivity index (χ1) is 15.2. The number of aliphatic hydroxyl groups excluding tert-OH is 1. The van der Waals surface area contributed by atoms with Crippen LogP contribution in [0.4, 0.5) is 4.79 Å². The number of hydrogen-bond donors (Lipinski definition) is 3. The normalized spacial score (nSPS) is 19.3. The van der Waals surface area contributed by atoms with E-state index in [9.17, 15) is 20.0 Å². The summed E-state index contributed by atoms with van der Waals surface area (Å²) in [6, 6.07) is 8.79. The maximum absolute atomic E-state index is 12.2. The summed E-state index contributed by atoms with van der Waals surface area (Å²) in [6.45, 7) is 4.07. The van der Waals surface area contributed by atoms with Crippen LogP contribution in [0, 0.1) is 21.4 Å². The average molecular weight is 450 g/mol. The SMILES string of the molecule is CC(C)(CNC(=O)O[C@@H]1CCCC[C@H]1O[N+](=O)[O-])NCC(O)COc1ccccc1C#N. The molecule has 3 N–H and O–H groups in total. The molecule has 0 aromatic heterocycles. The van der Waals surface area contributed by atoms with Crippen LogP contribution < -0.4 is 15.4 Å². The zero-order chi connectivity index (χ0) is 23.6. The van der Waals surface area contributed by atoms with Crippen molar-refractivity contribution in [3.8, 4) is 11.8 Å². The minimum Gasteiger partial charge on any atom is -0.489 e. The van der Waals surface area contributed by atoms with E-state index >= 15 is 0 Å². The molecule has 1 aromatic rings. The molecule has 11 heteroatoms. The molecule has 1 fully saturated rings. The van der Waals surface area contributed by atoms with Crippen molar-refractivity contribution >= 4 is 6.09 Å². The second kappa shape index (κ2) is 12.1. The van der Waals surface area contributed by atoms with Crippen LogP contribution in [-0.2, 0) is 9.57 Å². The molecular weight excluding hydrogens is 420 g/mol. The zero-order valence-electron chi connectivity index (χ0n) is 18.3. The number of alkyl carbamates (subject to hydrolysis) is 1. The van der Waals surface area contributed by atoms with Gasteiger partial charge in [0.2, 0.25) is 0 Å². The van der Waals surface area contributed by atoms with Gasteiger partial charge in [0.15, 0.2) is 0 Å². The van der Waals surface area contributed by atoms with E-state index in [0.29, 0.717) is 24.2 Å². The fourth-order valence-corrected chi connectivity index (χ4v) is 3.29. The predicted molar refractivity (Wildman–Crippen MR) is 113 cm³/mol. The van der Waals surface area contributed by atoms with Crippen LogP contribution in [0.1, 0.15) is 45.1 Å². The van der Waals surface area contributed by atoms with Gasteiger partial charge < -0.3 is 30.1 Å². The third-order valence-electron chi connectivity index (χ3n) is 5.05. The lowest BCUT2D eigenvalue weighted by Crippen LogP contribution is -2.52. The van der Waals surface area contributed by atoms with Gasteiger partial charge in [-0.25, -0.2) is 4.79 Å². The lowest BCUT2D eigenvalue weighted by molar-refractivity contribution is -0.771. The van der Waals surface area contributed by atoms with Crippen molar-refractivity contribution in [2.75, 3.05) is 19.7 Å². The van der Waals surface area contributed by atoms with Crippen LogP contribution in [0.2, 0.25) is 0 Å². The maximum atomic E-state index is 12.2. The molecule has 1 unspecified atom stereocenters. The number of rotatable bonds is 11. The summed E-state index contributed by atoms with van der Waals surface area (Å²) in [5.41, 5.74) is -0.187. The summed E-state index contributed by atoms with van der Waals surface area (Å²) in [5, 5.41) is 34.8. The van der Waals surface area contributed by atoms with Gasteiger partial charge in [-0.05, 0) is 45.2 Å². The van der Waals surface area contributed by atoms with E-state index in [2.05, 4.69) is 15.5 Å². The second-order valence-corrected chi connectivity index (χ2v) is 8.29. The first-order valence-electron chi connectivity index (χ1n) is 10.5. The topological polar surface area (TPSA) is 156 Å². The molecular formula is C21H30N4O7. The quantitative estimate of drug-likeness (QED) is 0.338. The summed E-state index contributed by atoms with van der Waals surface area (Å²) in [7, 11) is 0. The molecule has 0 heterocycles. The molecule has 0 radical (unpaired) electrons. The van der Waals surface area contributed by atoms with Gasteiger partial charge in [-0.15, -0.1) is 10.1 Å². The lowest BCUT2D eigenvalue weighted by Gasteiger charge is -2.31. The first kappa shape index (κ1) is 25.2. The molecule has 1 aliphatic rings. The number of amides is 1. The summed E-state index contributed by atoms with van der Waals surface area (Å²) < 4.78 is 10.8. The molecule has 1 amide bonds. The molecule has 11 nitrogen and oxygen atoms in total. The largest absolute Gasteiger partial charge is 0.489 e. The van der Waals surface area contributed by atoms with Gasteiger partial charge in [-0.2, -0.15) is 5.26 Å². The Morgan fingerprint density at radius 2 is 2.03 bits per heavy atom. The molecule has 176 valence electrons. The fraction of sp³-hybridized carbons (Fsp3) is 0.619. The number of carbonyl (C=O) groups is 1. The van der Waals surface area contributed by atoms with E-state index in [1.165, 1.54) is 0 Å². The molecule has 3 atom stereocenters. The van der Waals surface area contributed by atoms with E-state index in [4.69, 9.17) is 14.7 Å². The van der Waals surface area contributed by atoms with E-state index in [-0.39, 0.29) is 19.7 Å². The van der Waals surface area contributed by atoms with Gasteiger partial charge in [0.1, 0.15) is 36.7 Å². The number of nitriles is 1. The van der Waals surface area contributed by atoms with Crippen molar-refractivity contribution in [1.82, 2.24) is 10.6 Å². The molecule has 2 rings (SSSR count). The third kappa shape index (κ3) is 8.56. The Bertz CT molecular complexity index is 812. The van der Waals surface area contributed by atoms with Gasteiger partial charge in [0, 0.05) is 18.6 Å². The molecule has 1 aromatic carbocycles.